The van der Waals surface area contributed by atoms with Crippen LogP contribution in [-0.2, 0) is 4.79 Å². The summed E-state index contributed by atoms with van der Waals surface area (Å²) >= 11 is 1.56. The van der Waals surface area contributed by atoms with Crippen molar-refractivity contribution in [2.24, 2.45) is 0 Å². The number of benzene rings is 1. The van der Waals surface area contributed by atoms with E-state index in [1.54, 1.807) is 17.4 Å². The Bertz CT molecular complexity index is 960. The van der Waals surface area contributed by atoms with Gasteiger partial charge in [0.05, 0.1) is 12.5 Å². The zero-order valence-electron chi connectivity index (χ0n) is 13.8. The van der Waals surface area contributed by atoms with Crippen LogP contribution in [0.15, 0.2) is 55.0 Å². The third-order valence-corrected chi connectivity index (χ3v) is 4.40. The topological polar surface area (TPSA) is 76.0 Å². The number of carbonyl (C=O) groups excluding carboxylic acids is 2. The van der Waals surface area contributed by atoms with E-state index >= 15 is 0 Å². The Kier molecular flexibility index (Phi) is 5.23. The second kappa shape index (κ2) is 7.75. The van der Waals surface area contributed by atoms with Crippen LogP contribution >= 0.6 is 11.3 Å². The van der Waals surface area contributed by atoms with Gasteiger partial charge in [-0.25, -0.2) is 9.37 Å². The number of hydrogen-bond acceptors (Lipinski definition) is 4. The Labute approximate surface area is 153 Å². The lowest BCUT2D eigenvalue weighted by atomic mass is 10.3. The number of nitrogens with one attached hydrogen (secondary N) is 2. The molecule has 132 valence electrons. The average Bonchev–Trinajstić information content (AvgIpc) is 3.27. The minimum atomic E-state index is -0.541. The fourth-order valence-corrected chi connectivity index (χ4v) is 2.98. The summed E-state index contributed by atoms with van der Waals surface area (Å²) in [6.45, 7) is 1.98. The zero-order chi connectivity index (χ0) is 18.5. The van der Waals surface area contributed by atoms with Gasteiger partial charge in [0.2, 0.25) is 0 Å². The third-order valence-electron chi connectivity index (χ3n) is 3.44. The van der Waals surface area contributed by atoms with Crippen LogP contribution in [0, 0.1) is 12.7 Å². The van der Waals surface area contributed by atoms with Gasteiger partial charge in [0.15, 0.2) is 0 Å². The van der Waals surface area contributed by atoms with E-state index in [-0.39, 0.29) is 11.5 Å². The van der Waals surface area contributed by atoms with Gasteiger partial charge in [-0.2, -0.15) is 0 Å². The summed E-state index contributed by atoms with van der Waals surface area (Å²) in [7, 11) is 0. The lowest BCUT2D eigenvalue weighted by molar-refractivity contribution is -0.117. The van der Waals surface area contributed by atoms with Crippen LogP contribution in [-0.4, -0.2) is 21.4 Å². The molecule has 8 heteroatoms. The van der Waals surface area contributed by atoms with Crippen molar-refractivity contribution in [2.75, 3.05) is 0 Å². The zero-order valence-corrected chi connectivity index (χ0v) is 14.6. The molecule has 0 aliphatic heterocycles. The summed E-state index contributed by atoms with van der Waals surface area (Å²) in [4.78, 5) is 30.1. The SMILES string of the molecule is Cc1ccc(/C=C/C(=O)NNC(=O)c2cncn2-c2ccc(F)cc2)s1. The van der Waals surface area contributed by atoms with E-state index in [0.29, 0.717) is 5.69 Å². The minimum Gasteiger partial charge on any atom is -0.295 e. The molecule has 0 aliphatic rings. The largest absolute Gasteiger partial charge is 0.295 e. The number of carbonyl (C=O) groups is 2. The monoisotopic (exact) mass is 370 g/mol. The van der Waals surface area contributed by atoms with Crippen molar-refractivity contribution < 1.29 is 14.0 Å². The molecule has 6 nitrogen and oxygen atoms in total. The van der Waals surface area contributed by atoms with Crippen LogP contribution in [0.25, 0.3) is 11.8 Å². The second-order valence-electron chi connectivity index (χ2n) is 5.35. The van der Waals surface area contributed by atoms with Gasteiger partial charge in [-0.15, -0.1) is 11.3 Å². The number of rotatable bonds is 4. The Morgan fingerprint density at radius 1 is 1.15 bits per heavy atom. The molecule has 0 atom stereocenters. The molecule has 0 saturated heterocycles. The van der Waals surface area contributed by atoms with Crippen molar-refractivity contribution >= 4 is 29.2 Å². The summed E-state index contributed by atoms with van der Waals surface area (Å²) in [5.41, 5.74) is 5.42. The predicted molar refractivity (Wildman–Crippen MR) is 97.2 cm³/mol. The van der Waals surface area contributed by atoms with E-state index in [0.717, 1.165) is 9.75 Å². The van der Waals surface area contributed by atoms with Crippen molar-refractivity contribution in [3.8, 4) is 5.69 Å². The Morgan fingerprint density at radius 2 is 1.92 bits per heavy atom. The number of hydrogen-bond donors (Lipinski definition) is 2. The fourth-order valence-electron chi connectivity index (χ4n) is 2.20. The van der Waals surface area contributed by atoms with Gasteiger partial charge in [0.1, 0.15) is 11.5 Å². The smallest absolute Gasteiger partial charge is 0.288 e. The van der Waals surface area contributed by atoms with Gasteiger partial charge in [0, 0.05) is 21.5 Å². The summed E-state index contributed by atoms with van der Waals surface area (Å²) in [6, 6.07) is 9.49. The van der Waals surface area contributed by atoms with E-state index < -0.39 is 11.8 Å². The molecule has 2 aromatic heterocycles. The number of aryl methyl sites for hydroxylation is 1. The highest BCUT2D eigenvalue weighted by Crippen LogP contribution is 2.16. The highest BCUT2D eigenvalue weighted by molar-refractivity contribution is 7.12. The van der Waals surface area contributed by atoms with Crippen molar-refractivity contribution in [1.29, 1.82) is 0 Å². The molecule has 2 amide bonds. The molecule has 0 spiro atoms. The molecule has 0 radical (unpaired) electrons. The number of halogens is 1. The first-order chi connectivity index (χ1) is 12.5. The molecular formula is C18H15FN4O2S. The van der Waals surface area contributed by atoms with E-state index in [1.807, 2.05) is 19.1 Å². The van der Waals surface area contributed by atoms with Gasteiger partial charge in [0.25, 0.3) is 11.8 Å². The van der Waals surface area contributed by atoms with Gasteiger partial charge in [-0.05, 0) is 49.4 Å². The minimum absolute atomic E-state index is 0.203. The normalized spacial score (nSPS) is 10.8. The fraction of sp³-hybridized carbons (Fsp3) is 0.0556. The Balaban J connectivity index is 1.62. The summed E-state index contributed by atoms with van der Waals surface area (Å²) < 4.78 is 14.5. The highest BCUT2D eigenvalue weighted by atomic mass is 32.1. The molecule has 3 aromatic rings. The number of imidazole rings is 1. The summed E-state index contributed by atoms with van der Waals surface area (Å²) in [6.07, 6.45) is 5.79. The first kappa shape index (κ1) is 17.6. The first-order valence-electron chi connectivity index (χ1n) is 7.66. The molecule has 0 aliphatic carbocycles. The molecule has 0 unspecified atom stereocenters. The maximum Gasteiger partial charge on any atom is 0.288 e. The van der Waals surface area contributed by atoms with E-state index in [9.17, 15) is 14.0 Å². The molecule has 2 N–H and O–H groups in total. The van der Waals surface area contributed by atoms with E-state index in [2.05, 4.69) is 15.8 Å². The molecular weight excluding hydrogens is 355 g/mol. The maximum absolute atomic E-state index is 13.0. The Morgan fingerprint density at radius 3 is 2.62 bits per heavy atom. The lowest BCUT2D eigenvalue weighted by Crippen LogP contribution is -2.41. The number of aromatic nitrogens is 2. The molecule has 1 aromatic carbocycles. The molecule has 0 bridgehead atoms. The molecule has 26 heavy (non-hydrogen) atoms. The van der Waals surface area contributed by atoms with E-state index in [1.165, 1.54) is 47.4 Å². The second-order valence-corrected chi connectivity index (χ2v) is 6.67. The molecule has 0 saturated carbocycles. The van der Waals surface area contributed by atoms with Crippen LogP contribution < -0.4 is 10.9 Å². The number of hydrazine groups is 1. The number of thiophene rings is 1. The highest BCUT2D eigenvalue weighted by Gasteiger charge is 2.13. The van der Waals surface area contributed by atoms with Crippen LogP contribution in [0.1, 0.15) is 20.2 Å². The third kappa shape index (κ3) is 4.22. The van der Waals surface area contributed by atoms with E-state index in [4.69, 9.17) is 0 Å². The first-order valence-corrected chi connectivity index (χ1v) is 8.48. The lowest BCUT2D eigenvalue weighted by Gasteiger charge is -2.09. The van der Waals surface area contributed by atoms with Gasteiger partial charge in [-0.3, -0.25) is 25.0 Å². The molecule has 3 rings (SSSR count). The van der Waals surface area contributed by atoms with Crippen molar-refractivity contribution in [2.45, 2.75) is 6.92 Å². The van der Waals surface area contributed by atoms with Gasteiger partial charge < -0.3 is 0 Å². The molecule has 2 heterocycles. The van der Waals surface area contributed by atoms with Crippen LogP contribution in [0.5, 0.6) is 0 Å². The standard InChI is InChI=1S/C18H15FN4O2S/c1-12-2-7-15(26-12)8-9-17(24)21-22-18(25)16-10-20-11-23(16)14-5-3-13(19)4-6-14/h2-11H,1H3,(H,21,24)(H,22,25)/b9-8+. The maximum atomic E-state index is 13.0. The van der Waals surface area contributed by atoms with Crippen LogP contribution in [0.3, 0.4) is 0 Å². The number of nitrogens with zero attached hydrogens (tertiary/aromatic N) is 2. The predicted octanol–water partition coefficient (Wildman–Crippen LogP) is 2.86. The Hall–Kier alpha value is -3.26. The molecule has 0 fully saturated rings. The van der Waals surface area contributed by atoms with Gasteiger partial charge in [-0.1, -0.05) is 0 Å². The van der Waals surface area contributed by atoms with Crippen LogP contribution in [0.4, 0.5) is 4.39 Å². The van der Waals surface area contributed by atoms with Crippen molar-refractivity contribution in [3.05, 3.63) is 76.3 Å². The number of amides is 2. The van der Waals surface area contributed by atoms with Crippen molar-refractivity contribution in [3.63, 3.8) is 0 Å². The average molecular weight is 370 g/mol. The van der Waals surface area contributed by atoms with Gasteiger partial charge >= 0.3 is 0 Å². The summed E-state index contributed by atoms with van der Waals surface area (Å²) in [5, 5.41) is 0. The van der Waals surface area contributed by atoms with Crippen LogP contribution in [0.2, 0.25) is 0 Å². The van der Waals surface area contributed by atoms with Crippen molar-refractivity contribution in [1.82, 2.24) is 20.4 Å². The summed E-state index contributed by atoms with van der Waals surface area (Å²) in [5.74, 6) is -1.38. The quantitative estimate of drug-likeness (QED) is 0.548.